The van der Waals surface area contributed by atoms with Crippen molar-refractivity contribution < 1.29 is 4.42 Å². The fraction of sp³-hybridized carbons (Fsp3) is 0. The maximum Gasteiger partial charge on any atom is 0.143 e. The number of hydrogen-bond acceptors (Lipinski definition) is 2. The monoisotopic (exact) mass is 689 g/mol. The van der Waals surface area contributed by atoms with Gasteiger partial charge in [-0.2, -0.15) is 0 Å². The molecule has 2 heteroatoms. The molecule has 2 nitrogen and oxygen atoms in total. The number of benzene rings is 9. The van der Waals surface area contributed by atoms with E-state index in [0.29, 0.717) is 0 Å². The summed E-state index contributed by atoms with van der Waals surface area (Å²) in [6.07, 6.45) is 0. The van der Waals surface area contributed by atoms with Gasteiger partial charge in [-0.1, -0.05) is 164 Å². The number of furan rings is 1. The van der Waals surface area contributed by atoms with Crippen LogP contribution in [-0.2, 0) is 0 Å². The molecule has 0 saturated heterocycles. The average Bonchev–Trinajstić information content (AvgIpc) is 3.64. The van der Waals surface area contributed by atoms with E-state index in [0.717, 1.165) is 50.1 Å². The van der Waals surface area contributed by atoms with E-state index in [1.807, 2.05) is 12.1 Å². The summed E-state index contributed by atoms with van der Waals surface area (Å²) < 4.78 is 6.37. The first-order valence-corrected chi connectivity index (χ1v) is 18.4. The summed E-state index contributed by atoms with van der Waals surface area (Å²) in [7, 11) is 0. The van der Waals surface area contributed by atoms with E-state index >= 15 is 0 Å². The third-order valence-electron chi connectivity index (χ3n) is 10.5. The standard InChI is InChI=1S/C52H35NO/c1-3-13-37(14-4-1)45-34-29-40(35-50(45)47-22-11-16-38-15-7-8-19-44(38)47)36-25-30-42(31-26-36)53(41-17-5-2-6-18-41)43-32-27-39(28-33-43)46-21-12-23-49-48-20-9-10-24-51(48)54-52(46)49/h1-35H. The van der Waals surface area contributed by atoms with Crippen LogP contribution in [0.3, 0.4) is 0 Å². The molecule has 10 aromatic rings. The van der Waals surface area contributed by atoms with Gasteiger partial charge < -0.3 is 9.32 Å². The lowest BCUT2D eigenvalue weighted by Gasteiger charge is -2.26. The van der Waals surface area contributed by atoms with Gasteiger partial charge in [0.2, 0.25) is 0 Å². The zero-order valence-electron chi connectivity index (χ0n) is 29.6. The lowest BCUT2D eigenvalue weighted by atomic mass is 9.89. The molecule has 0 aliphatic heterocycles. The molecule has 0 aliphatic rings. The predicted octanol–water partition coefficient (Wildman–Crippen LogP) is 14.9. The van der Waals surface area contributed by atoms with E-state index in [1.54, 1.807) is 0 Å². The van der Waals surface area contributed by atoms with Crippen LogP contribution in [0.15, 0.2) is 217 Å². The lowest BCUT2D eigenvalue weighted by Crippen LogP contribution is -2.09. The molecule has 54 heavy (non-hydrogen) atoms. The molecule has 0 aliphatic carbocycles. The van der Waals surface area contributed by atoms with Crippen LogP contribution in [0.5, 0.6) is 0 Å². The molecule has 0 saturated carbocycles. The molecular weight excluding hydrogens is 655 g/mol. The number of anilines is 3. The highest BCUT2D eigenvalue weighted by Gasteiger charge is 2.17. The number of rotatable bonds is 7. The lowest BCUT2D eigenvalue weighted by molar-refractivity contribution is 0.670. The molecule has 1 aromatic heterocycles. The van der Waals surface area contributed by atoms with Crippen LogP contribution >= 0.6 is 0 Å². The molecule has 254 valence electrons. The first kappa shape index (κ1) is 31.6. The van der Waals surface area contributed by atoms with E-state index in [1.165, 1.54) is 44.2 Å². The maximum absolute atomic E-state index is 6.37. The Morgan fingerprint density at radius 3 is 1.61 bits per heavy atom. The number of para-hydroxylation sites is 3. The van der Waals surface area contributed by atoms with E-state index in [4.69, 9.17) is 4.42 Å². The molecule has 0 atom stereocenters. The van der Waals surface area contributed by atoms with Crippen molar-refractivity contribution in [1.82, 2.24) is 0 Å². The van der Waals surface area contributed by atoms with E-state index in [9.17, 15) is 0 Å². The summed E-state index contributed by atoms with van der Waals surface area (Å²) >= 11 is 0. The highest BCUT2D eigenvalue weighted by molar-refractivity contribution is 6.09. The quantitative estimate of drug-likeness (QED) is 0.166. The predicted molar refractivity (Wildman–Crippen MR) is 228 cm³/mol. The topological polar surface area (TPSA) is 16.4 Å². The van der Waals surface area contributed by atoms with Gasteiger partial charge in [0.05, 0.1) is 0 Å². The Balaban J connectivity index is 1.03. The van der Waals surface area contributed by atoms with Crippen LogP contribution in [0, 0.1) is 0 Å². The Morgan fingerprint density at radius 2 is 0.833 bits per heavy atom. The molecule has 0 spiro atoms. The molecule has 0 radical (unpaired) electrons. The zero-order chi connectivity index (χ0) is 35.8. The van der Waals surface area contributed by atoms with Crippen molar-refractivity contribution in [2.75, 3.05) is 4.90 Å². The van der Waals surface area contributed by atoms with E-state index < -0.39 is 0 Å². The summed E-state index contributed by atoms with van der Waals surface area (Å²) in [5.41, 5.74) is 14.6. The van der Waals surface area contributed by atoms with E-state index in [2.05, 4.69) is 205 Å². The summed E-state index contributed by atoms with van der Waals surface area (Å²) in [6, 6.07) is 75.8. The summed E-state index contributed by atoms with van der Waals surface area (Å²) in [6.45, 7) is 0. The SMILES string of the molecule is c1ccc(-c2ccc(-c3ccc(N(c4ccccc4)c4ccc(-c5cccc6c5oc5ccccc56)cc4)cc3)cc2-c2cccc3ccccc23)cc1. The molecule has 9 aromatic carbocycles. The molecule has 0 fully saturated rings. The van der Waals surface area contributed by atoms with Crippen molar-refractivity contribution in [3.8, 4) is 44.5 Å². The van der Waals surface area contributed by atoms with Gasteiger partial charge in [0, 0.05) is 33.4 Å². The van der Waals surface area contributed by atoms with Crippen molar-refractivity contribution in [2.45, 2.75) is 0 Å². The van der Waals surface area contributed by atoms with Gasteiger partial charge in [0.25, 0.3) is 0 Å². The van der Waals surface area contributed by atoms with Crippen LogP contribution in [0.25, 0.3) is 77.2 Å². The smallest absolute Gasteiger partial charge is 0.143 e. The Morgan fingerprint density at radius 1 is 0.296 bits per heavy atom. The van der Waals surface area contributed by atoms with Gasteiger partial charge in [-0.3, -0.25) is 0 Å². The number of nitrogens with zero attached hydrogens (tertiary/aromatic N) is 1. The van der Waals surface area contributed by atoms with Gasteiger partial charge in [0.15, 0.2) is 0 Å². The first-order valence-electron chi connectivity index (χ1n) is 18.4. The summed E-state index contributed by atoms with van der Waals surface area (Å²) in [4.78, 5) is 2.31. The maximum atomic E-state index is 6.37. The first-order chi connectivity index (χ1) is 26.8. The van der Waals surface area contributed by atoms with Crippen LogP contribution < -0.4 is 4.90 Å². The molecule has 0 amide bonds. The second kappa shape index (κ2) is 13.4. The number of fused-ring (bicyclic) bond motifs is 4. The normalized spacial score (nSPS) is 11.3. The molecule has 1 heterocycles. The van der Waals surface area contributed by atoms with Crippen molar-refractivity contribution in [3.05, 3.63) is 212 Å². The second-order valence-electron chi connectivity index (χ2n) is 13.7. The van der Waals surface area contributed by atoms with Crippen molar-refractivity contribution >= 4 is 49.8 Å². The highest BCUT2D eigenvalue weighted by atomic mass is 16.3. The Labute approximate surface area is 314 Å². The minimum absolute atomic E-state index is 0.909. The third-order valence-corrected chi connectivity index (χ3v) is 10.5. The third kappa shape index (κ3) is 5.62. The second-order valence-corrected chi connectivity index (χ2v) is 13.7. The van der Waals surface area contributed by atoms with Crippen molar-refractivity contribution in [3.63, 3.8) is 0 Å². The Kier molecular flexibility index (Phi) is 7.85. The minimum atomic E-state index is 0.909. The number of hydrogen-bond donors (Lipinski definition) is 0. The highest BCUT2D eigenvalue weighted by Crippen LogP contribution is 2.42. The van der Waals surface area contributed by atoms with Crippen molar-refractivity contribution in [1.29, 1.82) is 0 Å². The van der Waals surface area contributed by atoms with Crippen LogP contribution in [0.2, 0.25) is 0 Å². The van der Waals surface area contributed by atoms with Crippen LogP contribution in [-0.4, -0.2) is 0 Å². The minimum Gasteiger partial charge on any atom is -0.455 e. The molecule has 10 rings (SSSR count). The van der Waals surface area contributed by atoms with Gasteiger partial charge in [-0.15, -0.1) is 0 Å². The van der Waals surface area contributed by atoms with Gasteiger partial charge in [0.1, 0.15) is 11.2 Å². The Bertz CT molecular complexity index is 2900. The molecular formula is C52H35NO. The van der Waals surface area contributed by atoms with Crippen LogP contribution in [0.4, 0.5) is 17.1 Å². The van der Waals surface area contributed by atoms with Gasteiger partial charge in [-0.25, -0.2) is 0 Å². The largest absolute Gasteiger partial charge is 0.455 e. The van der Waals surface area contributed by atoms with Gasteiger partial charge >= 0.3 is 0 Å². The summed E-state index contributed by atoms with van der Waals surface area (Å²) in [5, 5.41) is 4.77. The van der Waals surface area contributed by atoms with Crippen molar-refractivity contribution in [2.24, 2.45) is 0 Å². The van der Waals surface area contributed by atoms with Crippen LogP contribution in [0.1, 0.15) is 0 Å². The average molecular weight is 690 g/mol. The van der Waals surface area contributed by atoms with Gasteiger partial charge in [-0.05, 0) is 98.2 Å². The van der Waals surface area contributed by atoms with E-state index in [-0.39, 0.29) is 0 Å². The summed E-state index contributed by atoms with van der Waals surface area (Å²) in [5.74, 6) is 0. The molecule has 0 N–H and O–H groups in total. The zero-order valence-corrected chi connectivity index (χ0v) is 29.6. The fourth-order valence-electron chi connectivity index (χ4n) is 7.87. The fourth-order valence-corrected chi connectivity index (χ4v) is 7.87. The molecule has 0 bridgehead atoms. The Hall–Kier alpha value is -7.16. The molecule has 0 unspecified atom stereocenters.